The van der Waals surface area contributed by atoms with Crippen molar-refractivity contribution < 1.29 is 46.9 Å². The van der Waals surface area contributed by atoms with Gasteiger partial charge in [0.25, 0.3) is 11.9 Å². The van der Waals surface area contributed by atoms with Crippen molar-refractivity contribution in [2.24, 2.45) is 17.3 Å². The van der Waals surface area contributed by atoms with E-state index in [1.807, 2.05) is 0 Å². The Hall–Kier alpha value is -3.78. The lowest BCUT2D eigenvalue weighted by Crippen LogP contribution is -2.60. The fourth-order valence-electron chi connectivity index (χ4n) is 5.25. The van der Waals surface area contributed by atoms with Crippen LogP contribution in [0.4, 0.5) is 17.6 Å². The topological polar surface area (TPSA) is 150 Å². The Morgan fingerprint density at radius 2 is 1.74 bits per heavy atom. The van der Waals surface area contributed by atoms with Crippen molar-refractivity contribution in [2.45, 2.75) is 71.0 Å². The van der Waals surface area contributed by atoms with Gasteiger partial charge in [-0.15, -0.1) is 0 Å². The lowest BCUT2D eigenvalue weighted by atomic mass is 9.94. The average molecular weight is 597 g/mol. The van der Waals surface area contributed by atoms with Crippen molar-refractivity contribution >= 4 is 17.8 Å². The summed E-state index contributed by atoms with van der Waals surface area (Å²) in [5.41, 5.74) is -2.20. The van der Waals surface area contributed by atoms with Crippen LogP contribution in [0.25, 0.3) is 0 Å². The second-order valence-electron chi connectivity index (χ2n) is 11.3. The van der Waals surface area contributed by atoms with Crippen LogP contribution in [0.1, 0.15) is 51.5 Å². The number of nitrogens with one attached hydrogen (secondary N) is 3. The van der Waals surface area contributed by atoms with Crippen LogP contribution < -0.4 is 16.0 Å². The number of pyridine rings is 1. The number of hydrogen-bond acceptors (Lipinski definition) is 8. The monoisotopic (exact) mass is 596 g/mol. The van der Waals surface area contributed by atoms with Crippen LogP contribution >= 0.6 is 0 Å². The fourth-order valence-corrected chi connectivity index (χ4v) is 5.25. The van der Waals surface area contributed by atoms with Gasteiger partial charge >= 0.3 is 5.97 Å². The van der Waals surface area contributed by atoms with E-state index in [-0.39, 0.29) is 17.7 Å². The molecule has 7 atom stereocenters. The van der Waals surface area contributed by atoms with E-state index in [0.29, 0.717) is 0 Å². The molecule has 1 aliphatic carbocycles. The molecule has 1 aromatic carbocycles. The van der Waals surface area contributed by atoms with E-state index in [2.05, 4.69) is 20.9 Å². The van der Waals surface area contributed by atoms with E-state index in [1.165, 1.54) is 38.1 Å². The van der Waals surface area contributed by atoms with Crippen molar-refractivity contribution in [1.29, 1.82) is 0 Å². The molecule has 1 saturated heterocycles. The Kier molecular flexibility index (Phi) is 8.78. The van der Waals surface area contributed by atoms with Crippen molar-refractivity contribution in [1.82, 2.24) is 20.9 Å². The first kappa shape index (κ1) is 31.2. The van der Waals surface area contributed by atoms with Gasteiger partial charge < -0.3 is 25.6 Å². The maximum absolute atomic E-state index is 14.6. The highest BCUT2D eigenvalue weighted by atomic mass is 19.2. The number of phenols is 1. The maximum atomic E-state index is 14.6. The Morgan fingerprint density at radius 1 is 1.07 bits per heavy atom. The van der Waals surface area contributed by atoms with Gasteiger partial charge in [-0.3, -0.25) is 19.7 Å². The van der Waals surface area contributed by atoms with Crippen LogP contribution in [0.2, 0.25) is 0 Å². The molecule has 2 heterocycles. The van der Waals surface area contributed by atoms with Crippen molar-refractivity contribution in [3.8, 4) is 5.75 Å². The number of aliphatic hydroxyl groups is 1. The van der Waals surface area contributed by atoms with Gasteiger partial charge in [0.2, 0.25) is 17.7 Å². The highest BCUT2D eigenvalue weighted by Gasteiger charge is 2.61. The molecular weight excluding hydrogens is 564 g/mol. The van der Waals surface area contributed by atoms with E-state index in [0.717, 1.165) is 0 Å². The van der Waals surface area contributed by atoms with E-state index in [9.17, 15) is 42.2 Å². The Morgan fingerprint density at radius 3 is 2.38 bits per heavy atom. The molecule has 1 aliphatic heterocycles. The lowest BCUT2D eigenvalue weighted by molar-refractivity contribution is -0.164. The molecule has 2 aliphatic rings. The summed E-state index contributed by atoms with van der Waals surface area (Å²) < 4.78 is 62.2. The number of nitrogens with zero attached hydrogens (tertiary/aromatic N) is 1. The number of amides is 2. The number of halogens is 4. The molecule has 1 aromatic heterocycles. The number of fused-ring (bicyclic) bond motifs is 1. The zero-order valence-electron chi connectivity index (χ0n) is 23.3. The number of para-hydroxylation sites is 1. The van der Waals surface area contributed by atoms with Crippen LogP contribution in [-0.2, 0) is 25.5 Å². The first-order valence-corrected chi connectivity index (χ1v) is 13.4. The van der Waals surface area contributed by atoms with Gasteiger partial charge in [0.15, 0.2) is 11.9 Å². The third-order valence-corrected chi connectivity index (χ3v) is 7.91. The number of aromatic hydroxyl groups is 1. The molecule has 0 spiro atoms. The van der Waals surface area contributed by atoms with E-state index in [1.54, 1.807) is 13.8 Å². The quantitative estimate of drug-likeness (QED) is 0.147. The van der Waals surface area contributed by atoms with Crippen LogP contribution in [0, 0.1) is 40.8 Å². The van der Waals surface area contributed by atoms with E-state index in [4.69, 9.17) is 4.74 Å². The molecule has 14 heteroatoms. The summed E-state index contributed by atoms with van der Waals surface area (Å²) in [5, 5.41) is 28.9. The first-order valence-electron chi connectivity index (χ1n) is 13.4. The number of benzene rings is 1. The van der Waals surface area contributed by atoms with Crippen LogP contribution in [0.15, 0.2) is 24.3 Å². The average Bonchev–Trinajstić information content (AvgIpc) is 3.62. The molecule has 1 saturated carbocycles. The summed E-state index contributed by atoms with van der Waals surface area (Å²) in [4.78, 5) is 42.8. The third-order valence-electron chi connectivity index (χ3n) is 7.91. The van der Waals surface area contributed by atoms with Gasteiger partial charge in [0.05, 0.1) is 11.5 Å². The van der Waals surface area contributed by atoms with E-state index < -0.39 is 101 Å². The molecule has 4 rings (SSSR count). The molecule has 5 N–H and O–H groups in total. The van der Waals surface area contributed by atoms with Crippen LogP contribution in [-0.4, -0.2) is 57.2 Å². The maximum Gasteiger partial charge on any atom is 0.312 e. The molecule has 10 nitrogen and oxygen atoms in total. The van der Waals surface area contributed by atoms with E-state index >= 15 is 0 Å². The molecule has 2 amide bonds. The second-order valence-corrected chi connectivity index (χ2v) is 11.3. The largest absolute Gasteiger partial charge is 0.508 e. The highest BCUT2D eigenvalue weighted by Crippen LogP contribution is 2.56. The van der Waals surface area contributed by atoms with Crippen molar-refractivity contribution in [3.63, 3.8) is 0 Å². The second kappa shape index (κ2) is 11.8. The van der Waals surface area contributed by atoms with Gasteiger partial charge in [-0.05, 0) is 38.2 Å². The predicted octanol–water partition coefficient (Wildman–Crippen LogP) is 2.13. The zero-order chi connectivity index (χ0) is 31.1. The third kappa shape index (κ3) is 6.04. The van der Waals surface area contributed by atoms with Gasteiger partial charge in [-0.2, -0.15) is 18.2 Å². The van der Waals surface area contributed by atoms with Crippen molar-refractivity contribution in [3.05, 3.63) is 58.9 Å². The molecular formula is C28H32F4N4O6. The minimum Gasteiger partial charge on any atom is -0.508 e. The number of aliphatic hydroxyl groups excluding tert-OH is 1. The molecule has 0 bridgehead atoms. The Bertz CT molecular complexity index is 1390. The number of rotatable bonds is 6. The number of hydrogen-bond donors (Lipinski definition) is 5. The SMILES string of the molecule is CC(C)C1OC(=O)C2(C)CC2C(Cc2c(F)nc(F)c(F)c2F)NC(=O)C(NC(O)c2ccccc2O)C(C)NC1=O. The van der Waals surface area contributed by atoms with Gasteiger partial charge in [-0.25, -0.2) is 4.39 Å². The summed E-state index contributed by atoms with van der Waals surface area (Å²) in [6, 6.07) is 2.09. The number of carbonyl (C=O) groups is 3. The first-order chi connectivity index (χ1) is 19.6. The number of cyclic esters (lactones) is 1. The summed E-state index contributed by atoms with van der Waals surface area (Å²) in [6.45, 7) is 6.23. The zero-order valence-corrected chi connectivity index (χ0v) is 23.3. The number of phenolic OH excluding ortho intramolecular Hbond substituents is 1. The number of aromatic nitrogens is 1. The lowest BCUT2D eigenvalue weighted by Gasteiger charge is -2.33. The summed E-state index contributed by atoms with van der Waals surface area (Å²) in [6.07, 6.45) is -3.49. The van der Waals surface area contributed by atoms with Crippen molar-refractivity contribution in [2.75, 3.05) is 0 Å². The number of ether oxygens (including phenoxy) is 1. The molecule has 228 valence electrons. The summed E-state index contributed by atoms with van der Waals surface area (Å²) >= 11 is 0. The van der Waals surface area contributed by atoms with Crippen LogP contribution in [0.5, 0.6) is 5.75 Å². The Balaban J connectivity index is 1.74. The van der Waals surface area contributed by atoms with Gasteiger partial charge in [-0.1, -0.05) is 32.0 Å². The summed E-state index contributed by atoms with van der Waals surface area (Å²) in [5.74, 6) is -11.3. The Labute approximate surface area is 238 Å². The minimum absolute atomic E-state index is 0.0206. The smallest absolute Gasteiger partial charge is 0.312 e. The number of carbonyl (C=O) groups excluding carboxylic acids is 3. The minimum atomic E-state index is -2.00. The molecule has 42 heavy (non-hydrogen) atoms. The molecule has 2 fully saturated rings. The fraction of sp³-hybridized carbons (Fsp3) is 0.500. The summed E-state index contributed by atoms with van der Waals surface area (Å²) in [7, 11) is 0. The van der Waals surface area contributed by atoms with Crippen LogP contribution in [0.3, 0.4) is 0 Å². The van der Waals surface area contributed by atoms with Gasteiger partial charge in [0.1, 0.15) is 18.0 Å². The number of esters is 1. The molecule has 7 unspecified atom stereocenters. The standard InChI is InChI=1S/C28H32F4N4O6/c1-11(2)21-26(40)33-12(3)20(35-24(38)13-7-5-6-8-17(13)37)25(39)34-16(15-10-28(15,4)27(41)42-21)9-14-18(29)19(30)23(32)36-22(14)31/h5-8,11-12,15-16,20-21,24,35,37-38H,9-10H2,1-4H3,(H,33,40)(H,34,39). The molecule has 2 aromatic rings. The predicted molar refractivity (Wildman–Crippen MR) is 138 cm³/mol. The molecule has 0 radical (unpaired) electrons. The normalized spacial score (nSPS) is 29.0. The van der Waals surface area contributed by atoms with Gasteiger partial charge in [0, 0.05) is 23.6 Å². The highest BCUT2D eigenvalue weighted by molar-refractivity contribution is 5.89.